The predicted octanol–water partition coefficient (Wildman–Crippen LogP) is -0.752. The first-order valence-electron chi connectivity index (χ1n) is 1.15. The first-order valence-corrected chi connectivity index (χ1v) is 2.55. The van der Waals surface area contributed by atoms with Crippen LogP contribution >= 0.6 is 0 Å². The van der Waals surface area contributed by atoms with Gasteiger partial charge in [0.2, 0.25) is 6.08 Å². The van der Waals surface area contributed by atoms with E-state index in [2.05, 4.69) is 0 Å². The lowest BCUT2D eigenvalue weighted by Crippen LogP contribution is -1.89. The Morgan fingerprint density at radius 3 is 1.38 bits per heavy atom. The smallest absolute Gasteiger partial charge is 0.264 e. The summed E-state index contributed by atoms with van der Waals surface area (Å²) in [5.41, 5.74) is 0. The van der Waals surface area contributed by atoms with Gasteiger partial charge >= 0.3 is 10.4 Å². The minimum atomic E-state index is -4.67. The largest absolute Gasteiger partial charge is 0.394 e. The lowest BCUT2D eigenvalue weighted by molar-refractivity contribution is 0.381. The van der Waals surface area contributed by atoms with Crippen LogP contribution in [0.25, 0.3) is 0 Å². The molecule has 0 rings (SSSR count). The highest BCUT2D eigenvalue weighted by Crippen LogP contribution is 1.59. The van der Waals surface area contributed by atoms with Crippen molar-refractivity contribution in [1.29, 1.82) is 5.41 Å². The maximum atomic E-state index is 8.74. The van der Waals surface area contributed by atoms with Gasteiger partial charge in [0.1, 0.15) is 0 Å². The van der Waals surface area contributed by atoms with Crippen molar-refractivity contribution in [3.05, 3.63) is 0 Å². The molecular formula is CH3NO5S. The third-order valence-electron chi connectivity index (χ3n) is 0. The van der Waals surface area contributed by atoms with Crippen LogP contribution in [0.2, 0.25) is 0 Å². The molecule has 0 fully saturated rings. The van der Waals surface area contributed by atoms with E-state index in [1.165, 1.54) is 0 Å². The molecule has 0 aromatic heterocycles. The van der Waals surface area contributed by atoms with E-state index in [0.717, 1.165) is 6.08 Å². The topological polar surface area (TPSA) is 116 Å². The molecule has 0 aromatic rings. The van der Waals surface area contributed by atoms with Crippen LogP contribution in [0.3, 0.4) is 0 Å². The van der Waals surface area contributed by atoms with E-state index in [9.17, 15) is 0 Å². The van der Waals surface area contributed by atoms with Gasteiger partial charge < -0.3 is 0 Å². The Hall–Kier alpha value is -0.750. The fourth-order valence-corrected chi connectivity index (χ4v) is 0. The molecule has 6 nitrogen and oxygen atoms in total. The van der Waals surface area contributed by atoms with Crippen LogP contribution in [0.1, 0.15) is 0 Å². The minimum Gasteiger partial charge on any atom is -0.264 e. The number of nitrogens with one attached hydrogen (secondary N) is 1. The summed E-state index contributed by atoms with van der Waals surface area (Å²) in [7, 11) is -4.67. The molecule has 0 bridgehead atoms. The van der Waals surface area contributed by atoms with Crippen molar-refractivity contribution in [3.8, 4) is 0 Å². The molecule has 0 heterocycles. The highest BCUT2D eigenvalue weighted by molar-refractivity contribution is 7.79. The SMILES string of the molecule is N=C=O.O=S(=O)(O)O. The average molecular weight is 141 g/mol. The van der Waals surface area contributed by atoms with E-state index in [4.69, 9.17) is 27.7 Å². The van der Waals surface area contributed by atoms with Gasteiger partial charge in [0, 0.05) is 0 Å². The molecule has 0 aromatic carbocycles. The quantitative estimate of drug-likeness (QED) is 0.233. The number of carbonyl (C=O) groups excluding carboxylic acids is 1. The summed E-state index contributed by atoms with van der Waals surface area (Å²) in [6.07, 6.45) is 0.750. The van der Waals surface area contributed by atoms with E-state index in [1.807, 2.05) is 0 Å². The monoisotopic (exact) mass is 141 g/mol. The molecule has 0 spiro atoms. The third-order valence-corrected chi connectivity index (χ3v) is 0. The average Bonchev–Trinajstić information content (AvgIpc) is 1.27. The van der Waals surface area contributed by atoms with Crippen LogP contribution in [0.4, 0.5) is 0 Å². The van der Waals surface area contributed by atoms with Crippen LogP contribution < -0.4 is 0 Å². The van der Waals surface area contributed by atoms with Crippen molar-refractivity contribution >= 4 is 16.5 Å². The van der Waals surface area contributed by atoms with Crippen LogP contribution in [0.5, 0.6) is 0 Å². The summed E-state index contributed by atoms with van der Waals surface area (Å²) in [6, 6.07) is 0. The number of rotatable bonds is 0. The summed E-state index contributed by atoms with van der Waals surface area (Å²) in [5.74, 6) is 0. The van der Waals surface area contributed by atoms with Gasteiger partial charge in [-0.3, -0.25) is 9.11 Å². The van der Waals surface area contributed by atoms with Crippen LogP contribution in [0.15, 0.2) is 0 Å². The summed E-state index contributed by atoms with van der Waals surface area (Å²) in [4.78, 5) is 8.35. The highest BCUT2D eigenvalue weighted by Gasteiger charge is 1.84. The van der Waals surface area contributed by atoms with Crippen molar-refractivity contribution in [3.63, 3.8) is 0 Å². The molecule has 0 amide bonds. The second-order valence-corrected chi connectivity index (χ2v) is 1.45. The number of hydrogen-bond acceptors (Lipinski definition) is 4. The van der Waals surface area contributed by atoms with E-state index in [0.29, 0.717) is 0 Å². The fraction of sp³-hybridized carbons (Fsp3) is 0. The summed E-state index contributed by atoms with van der Waals surface area (Å²) in [6.45, 7) is 0. The molecule has 0 saturated heterocycles. The van der Waals surface area contributed by atoms with Crippen molar-refractivity contribution < 1.29 is 22.3 Å². The van der Waals surface area contributed by atoms with Gasteiger partial charge in [0.25, 0.3) is 0 Å². The molecule has 48 valence electrons. The number of hydrogen-bond donors (Lipinski definition) is 3. The molecule has 0 saturated carbocycles. The lowest BCUT2D eigenvalue weighted by Gasteiger charge is -1.68. The molecule has 0 atom stereocenters. The normalized spacial score (nSPS) is 8.25. The van der Waals surface area contributed by atoms with Crippen LogP contribution in [-0.4, -0.2) is 23.6 Å². The Kier molecular flexibility index (Phi) is 5.66. The van der Waals surface area contributed by atoms with E-state index >= 15 is 0 Å². The lowest BCUT2D eigenvalue weighted by atomic mass is 11.7. The Bertz CT molecular complexity index is 153. The van der Waals surface area contributed by atoms with Crippen molar-refractivity contribution in [2.24, 2.45) is 0 Å². The summed E-state index contributed by atoms with van der Waals surface area (Å²) >= 11 is 0. The predicted molar refractivity (Wildman–Crippen MR) is 22.6 cm³/mol. The van der Waals surface area contributed by atoms with Gasteiger partial charge in [-0.2, -0.15) is 8.42 Å². The standard InChI is InChI=1S/CHNO.H2O4S/c2-1-3;1-5(2,3)4/h2H;(H2,1,2,3,4). The summed E-state index contributed by atoms with van der Waals surface area (Å²) in [5, 5.41) is 5.40. The Morgan fingerprint density at radius 2 is 1.38 bits per heavy atom. The Labute approximate surface area is 45.2 Å². The molecular weight excluding hydrogens is 138 g/mol. The maximum Gasteiger partial charge on any atom is 0.394 e. The maximum absolute atomic E-state index is 8.74. The molecule has 0 aliphatic heterocycles. The van der Waals surface area contributed by atoms with E-state index < -0.39 is 10.4 Å². The Balaban J connectivity index is 0. The van der Waals surface area contributed by atoms with Gasteiger partial charge in [-0.25, -0.2) is 10.2 Å². The second kappa shape index (κ2) is 4.41. The number of isocyanates is 1. The first-order chi connectivity index (χ1) is 3.41. The molecule has 0 aliphatic carbocycles. The zero-order chi connectivity index (χ0) is 7.21. The van der Waals surface area contributed by atoms with Gasteiger partial charge in [0.05, 0.1) is 0 Å². The minimum absolute atomic E-state index is 0.750. The molecule has 0 radical (unpaired) electrons. The highest BCUT2D eigenvalue weighted by atomic mass is 32.3. The van der Waals surface area contributed by atoms with Gasteiger partial charge in [-0.15, -0.1) is 0 Å². The van der Waals surface area contributed by atoms with Gasteiger partial charge in [-0.1, -0.05) is 0 Å². The molecule has 0 unspecified atom stereocenters. The third kappa shape index (κ3) is 169. The molecule has 7 heteroatoms. The zero-order valence-corrected chi connectivity index (χ0v) is 4.34. The first kappa shape index (κ1) is 10.3. The fourth-order valence-electron chi connectivity index (χ4n) is 0. The van der Waals surface area contributed by atoms with Crippen LogP contribution in [0, 0.1) is 5.41 Å². The molecule has 0 aliphatic rings. The van der Waals surface area contributed by atoms with E-state index in [-0.39, 0.29) is 0 Å². The van der Waals surface area contributed by atoms with Crippen molar-refractivity contribution in [1.82, 2.24) is 0 Å². The van der Waals surface area contributed by atoms with Crippen molar-refractivity contribution in [2.75, 3.05) is 0 Å². The van der Waals surface area contributed by atoms with Crippen LogP contribution in [-0.2, 0) is 15.2 Å². The molecule has 3 N–H and O–H groups in total. The zero-order valence-electron chi connectivity index (χ0n) is 3.53. The second-order valence-electron chi connectivity index (χ2n) is 0.550. The van der Waals surface area contributed by atoms with E-state index in [1.54, 1.807) is 0 Å². The summed E-state index contributed by atoms with van der Waals surface area (Å²) < 4.78 is 31.6. The molecule has 8 heavy (non-hydrogen) atoms. The Morgan fingerprint density at radius 1 is 1.38 bits per heavy atom. The van der Waals surface area contributed by atoms with Gasteiger partial charge in [0.15, 0.2) is 0 Å². The van der Waals surface area contributed by atoms with Gasteiger partial charge in [-0.05, 0) is 0 Å². The van der Waals surface area contributed by atoms with Crippen molar-refractivity contribution in [2.45, 2.75) is 0 Å².